The normalized spacial score (nSPS) is 10.1. The Labute approximate surface area is 114 Å². The number of nitro benzene ring substituents is 1. The topological polar surface area (TPSA) is 72.2 Å². The second-order valence-electron chi connectivity index (χ2n) is 4.09. The van der Waals surface area contributed by atoms with E-state index in [9.17, 15) is 19.3 Å². The van der Waals surface area contributed by atoms with Gasteiger partial charge in [0.05, 0.1) is 11.3 Å². The number of benzene rings is 2. The molecule has 2 aromatic rings. The summed E-state index contributed by atoms with van der Waals surface area (Å²) in [6, 6.07) is 11.7. The summed E-state index contributed by atoms with van der Waals surface area (Å²) in [6.45, 7) is 0. The van der Waals surface area contributed by atoms with E-state index in [0.29, 0.717) is 0 Å². The van der Waals surface area contributed by atoms with Crippen molar-refractivity contribution in [1.29, 1.82) is 0 Å². The highest BCUT2D eigenvalue weighted by Crippen LogP contribution is 2.23. The zero-order chi connectivity index (χ0) is 14.5. The second-order valence-corrected chi connectivity index (χ2v) is 4.09. The number of nitrogens with zero attached hydrogens (tertiary/aromatic N) is 1. The van der Waals surface area contributed by atoms with Gasteiger partial charge in [-0.05, 0) is 17.7 Å². The molecule has 5 nitrogen and oxygen atoms in total. The highest BCUT2D eigenvalue weighted by Gasteiger charge is 2.15. The van der Waals surface area contributed by atoms with Gasteiger partial charge in [-0.25, -0.2) is 4.39 Å². The van der Waals surface area contributed by atoms with E-state index < -0.39 is 16.6 Å². The molecule has 0 aliphatic rings. The molecule has 0 fully saturated rings. The molecule has 0 atom stereocenters. The number of hydrogen-bond donors (Lipinski definition) is 1. The van der Waals surface area contributed by atoms with Gasteiger partial charge in [0.1, 0.15) is 11.5 Å². The zero-order valence-corrected chi connectivity index (χ0v) is 10.4. The number of rotatable bonds is 4. The molecular formula is C14H11FN2O3. The lowest BCUT2D eigenvalue weighted by atomic mass is 10.1. The predicted octanol–water partition coefficient (Wildman–Crippen LogP) is 2.92. The van der Waals surface area contributed by atoms with Crippen LogP contribution < -0.4 is 5.32 Å². The van der Waals surface area contributed by atoms with Crippen LogP contribution in [0.5, 0.6) is 0 Å². The minimum absolute atomic E-state index is 0.0961. The van der Waals surface area contributed by atoms with Gasteiger partial charge in [0, 0.05) is 6.07 Å². The molecule has 0 aliphatic heterocycles. The molecule has 2 aromatic carbocycles. The average molecular weight is 274 g/mol. The molecule has 0 spiro atoms. The Morgan fingerprint density at radius 1 is 1.15 bits per heavy atom. The van der Waals surface area contributed by atoms with Crippen molar-refractivity contribution in [2.24, 2.45) is 0 Å². The Morgan fingerprint density at radius 2 is 1.80 bits per heavy atom. The van der Waals surface area contributed by atoms with E-state index in [0.717, 1.165) is 0 Å². The molecule has 2 rings (SSSR count). The van der Waals surface area contributed by atoms with Crippen LogP contribution in [0.4, 0.5) is 15.8 Å². The Morgan fingerprint density at radius 3 is 2.50 bits per heavy atom. The summed E-state index contributed by atoms with van der Waals surface area (Å²) < 4.78 is 13.4. The van der Waals surface area contributed by atoms with Crippen LogP contribution in [0.15, 0.2) is 48.5 Å². The fraction of sp³-hybridized carbons (Fsp3) is 0.0714. The minimum atomic E-state index is -0.585. The van der Waals surface area contributed by atoms with Crippen LogP contribution in [-0.4, -0.2) is 10.8 Å². The molecule has 0 saturated heterocycles. The molecule has 0 aromatic heterocycles. The summed E-state index contributed by atoms with van der Waals surface area (Å²) in [5, 5.41) is 13.2. The van der Waals surface area contributed by atoms with Crippen LogP contribution in [0, 0.1) is 15.9 Å². The smallest absolute Gasteiger partial charge is 0.292 e. The van der Waals surface area contributed by atoms with Gasteiger partial charge in [0.15, 0.2) is 0 Å². The lowest BCUT2D eigenvalue weighted by Gasteiger charge is -2.06. The molecule has 1 N–H and O–H groups in total. The third-order valence-electron chi connectivity index (χ3n) is 2.68. The van der Waals surface area contributed by atoms with Crippen molar-refractivity contribution in [2.75, 3.05) is 5.32 Å². The third-order valence-corrected chi connectivity index (χ3v) is 2.68. The molecular weight excluding hydrogens is 263 g/mol. The van der Waals surface area contributed by atoms with Crippen LogP contribution in [0.2, 0.25) is 0 Å². The Balaban J connectivity index is 2.13. The van der Waals surface area contributed by atoms with Gasteiger partial charge in [-0.3, -0.25) is 14.9 Å². The molecule has 20 heavy (non-hydrogen) atoms. The summed E-state index contributed by atoms with van der Waals surface area (Å²) >= 11 is 0. The molecule has 102 valence electrons. The number of nitro groups is 1. The van der Waals surface area contributed by atoms with Crippen LogP contribution in [0.3, 0.4) is 0 Å². The largest absolute Gasteiger partial charge is 0.320 e. The highest BCUT2D eigenvalue weighted by atomic mass is 19.1. The van der Waals surface area contributed by atoms with E-state index in [1.807, 2.05) is 0 Å². The van der Waals surface area contributed by atoms with E-state index in [1.165, 1.54) is 36.4 Å². The SMILES string of the molecule is O=C(Cc1ccccc1F)Nc1ccccc1[N+](=O)[O-]. The predicted molar refractivity (Wildman–Crippen MR) is 71.8 cm³/mol. The van der Waals surface area contributed by atoms with Crippen LogP contribution >= 0.6 is 0 Å². The van der Waals surface area contributed by atoms with Gasteiger partial charge in [-0.15, -0.1) is 0 Å². The van der Waals surface area contributed by atoms with E-state index in [1.54, 1.807) is 12.1 Å². The van der Waals surface area contributed by atoms with Crippen LogP contribution in [0.1, 0.15) is 5.56 Å². The molecule has 0 heterocycles. The number of para-hydroxylation sites is 2. The molecule has 0 saturated carbocycles. The van der Waals surface area contributed by atoms with Crippen molar-refractivity contribution >= 4 is 17.3 Å². The van der Waals surface area contributed by atoms with Gasteiger partial charge in [0.2, 0.25) is 5.91 Å². The molecule has 6 heteroatoms. The average Bonchev–Trinajstić information content (AvgIpc) is 2.41. The summed E-state index contributed by atoms with van der Waals surface area (Å²) in [5.74, 6) is -0.991. The van der Waals surface area contributed by atoms with Gasteiger partial charge in [0.25, 0.3) is 5.69 Å². The Kier molecular flexibility index (Phi) is 4.05. The lowest BCUT2D eigenvalue weighted by Crippen LogP contribution is -2.16. The second kappa shape index (κ2) is 5.92. The first-order chi connectivity index (χ1) is 9.58. The standard InChI is InChI=1S/C14H11FN2O3/c15-11-6-2-1-5-10(11)9-14(18)16-12-7-3-4-8-13(12)17(19)20/h1-8H,9H2,(H,16,18). The van der Waals surface area contributed by atoms with Gasteiger partial charge in [-0.2, -0.15) is 0 Å². The maximum Gasteiger partial charge on any atom is 0.292 e. The summed E-state index contributed by atoms with van der Waals surface area (Å²) in [4.78, 5) is 22.0. The van der Waals surface area contributed by atoms with Gasteiger partial charge < -0.3 is 5.32 Å². The quantitative estimate of drug-likeness (QED) is 0.688. The van der Waals surface area contributed by atoms with Crippen molar-refractivity contribution in [3.05, 3.63) is 70.0 Å². The van der Waals surface area contributed by atoms with Crippen molar-refractivity contribution in [3.8, 4) is 0 Å². The van der Waals surface area contributed by atoms with E-state index in [-0.39, 0.29) is 23.4 Å². The molecule has 0 aliphatic carbocycles. The molecule has 0 bridgehead atoms. The zero-order valence-electron chi connectivity index (χ0n) is 10.4. The number of nitrogens with one attached hydrogen (secondary N) is 1. The summed E-state index contributed by atoms with van der Waals surface area (Å²) in [6.07, 6.45) is -0.182. The van der Waals surface area contributed by atoms with Gasteiger partial charge in [-0.1, -0.05) is 30.3 Å². The fourth-order valence-electron chi connectivity index (χ4n) is 1.75. The van der Waals surface area contributed by atoms with Crippen LogP contribution in [-0.2, 0) is 11.2 Å². The number of hydrogen-bond acceptors (Lipinski definition) is 3. The summed E-state index contributed by atoms with van der Waals surface area (Å²) in [5.41, 5.74) is 0.136. The first-order valence-corrected chi connectivity index (χ1v) is 5.84. The first-order valence-electron chi connectivity index (χ1n) is 5.84. The Hall–Kier alpha value is -2.76. The van der Waals surface area contributed by atoms with Gasteiger partial charge >= 0.3 is 0 Å². The van der Waals surface area contributed by atoms with Crippen molar-refractivity contribution < 1.29 is 14.1 Å². The maximum absolute atomic E-state index is 13.4. The monoisotopic (exact) mass is 274 g/mol. The first kappa shape index (κ1) is 13.7. The molecule has 0 radical (unpaired) electrons. The molecule has 1 amide bonds. The fourth-order valence-corrected chi connectivity index (χ4v) is 1.75. The van der Waals surface area contributed by atoms with E-state index in [2.05, 4.69) is 5.32 Å². The number of carbonyl (C=O) groups is 1. The molecule has 0 unspecified atom stereocenters. The number of amides is 1. The highest BCUT2D eigenvalue weighted by molar-refractivity contribution is 5.94. The summed E-state index contributed by atoms with van der Waals surface area (Å²) in [7, 11) is 0. The number of halogens is 1. The third kappa shape index (κ3) is 3.17. The number of carbonyl (C=O) groups excluding carboxylic acids is 1. The minimum Gasteiger partial charge on any atom is -0.320 e. The van der Waals surface area contributed by atoms with Crippen molar-refractivity contribution in [1.82, 2.24) is 0 Å². The van der Waals surface area contributed by atoms with Crippen molar-refractivity contribution in [3.63, 3.8) is 0 Å². The maximum atomic E-state index is 13.4. The lowest BCUT2D eigenvalue weighted by molar-refractivity contribution is -0.383. The van der Waals surface area contributed by atoms with E-state index >= 15 is 0 Å². The number of anilines is 1. The van der Waals surface area contributed by atoms with Crippen molar-refractivity contribution in [2.45, 2.75) is 6.42 Å². The van der Waals surface area contributed by atoms with E-state index in [4.69, 9.17) is 0 Å². The van der Waals surface area contributed by atoms with Crippen LogP contribution in [0.25, 0.3) is 0 Å². The Bertz CT molecular complexity index is 658.